The van der Waals surface area contributed by atoms with E-state index >= 15 is 0 Å². The monoisotopic (exact) mass is 277 g/mol. The van der Waals surface area contributed by atoms with Gasteiger partial charge in [0.1, 0.15) is 5.82 Å². The Hall–Kier alpha value is -1.19. The third-order valence-corrected chi connectivity index (χ3v) is 4.74. The summed E-state index contributed by atoms with van der Waals surface area (Å²) in [5.74, 6) is -0.185. The maximum absolute atomic E-state index is 12.9. The van der Waals surface area contributed by atoms with Crippen molar-refractivity contribution in [3.8, 4) is 0 Å². The van der Waals surface area contributed by atoms with E-state index in [-0.39, 0.29) is 11.9 Å². The molecular weight excluding hydrogens is 257 g/mol. The van der Waals surface area contributed by atoms with Gasteiger partial charge in [0.25, 0.3) is 0 Å². The standard InChI is InChI=1S/C16H20FNS/c1-4-15-9-10-16(19-15)12(3)18-11(2)13-5-7-14(17)8-6-13/h5-12,18H,4H2,1-3H3/t11-,12?/m0/s1. The zero-order chi connectivity index (χ0) is 13.8. The molecule has 0 bridgehead atoms. The first-order valence-corrected chi connectivity index (χ1v) is 7.52. The summed E-state index contributed by atoms with van der Waals surface area (Å²) in [5, 5.41) is 3.56. The fourth-order valence-corrected chi connectivity index (χ4v) is 3.09. The summed E-state index contributed by atoms with van der Waals surface area (Å²) in [6.45, 7) is 6.46. The summed E-state index contributed by atoms with van der Waals surface area (Å²) in [7, 11) is 0. The van der Waals surface area contributed by atoms with Crippen molar-refractivity contribution in [1.29, 1.82) is 0 Å². The van der Waals surface area contributed by atoms with E-state index in [1.165, 1.54) is 21.9 Å². The molecule has 3 heteroatoms. The molecule has 1 aromatic heterocycles. The van der Waals surface area contributed by atoms with Crippen molar-refractivity contribution in [2.24, 2.45) is 0 Å². The molecule has 1 heterocycles. The van der Waals surface area contributed by atoms with Gasteiger partial charge in [-0.05, 0) is 50.1 Å². The molecule has 0 spiro atoms. The second-order valence-corrected chi connectivity index (χ2v) is 6.02. The number of hydrogen-bond donors (Lipinski definition) is 1. The van der Waals surface area contributed by atoms with Gasteiger partial charge < -0.3 is 5.32 Å². The van der Waals surface area contributed by atoms with Gasteiger partial charge in [-0.3, -0.25) is 0 Å². The maximum atomic E-state index is 12.9. The minimum absolute atomic E-state index is 0.185. The van der Waals surface area contributed by atoms with Crippen LogP contribution in [0.15, 0.2) is 36.4 Å². The van der Waals surface area contributed by atoms with Gasteiger partial charge in [0.15, 0.2) is 0 Å². The zero-order valence-electron chi connectivity index (χ0n) is 11.6. The van der Waals surface area contributed by atoms with Crippen LogP contribution >= 0.6 is 11.3 Å². The number of halogens is 1. The Kier molecular flexibility index (Phi) is 4.72. The first kappa shape index (κ1) is 14.2. The zero-order valence-corrected chi connectivity index (χ0v) is 12.4. The minimum atomic E-state index is -0.185. The molecular formula is C16H20FNS. The lowest BCUT2D eigenvalue weighted by Crippen LogP contribution is -2.21. The van der Waals surface area contributed by atoms with Gasteiger partial charge in [-0.15, -0.1) is 11.3 Å². The molecule has 0 aliphatic heterocycles. The number of benzene rings is 1. The molecule has 0 saturated carbocycles. The number of nitrogens with one attached hydrogen (secondary N) is 1. The van der Waals surface area contributed by atoms with Crippen molar-refractivity contribution >= 4 is 11.3 Å². The Balaban J connectivity index is 2.01. The average molecular weight is 277 g/mol. The molecule has 2 rings (SSSR count). The van der Waals surface area contributed by atoms with Gasteiger partial charge in [-0.2, -0.15) is 0 Å². The molecule has 2 aromatic rings. The normalized spacial score (nSPS) is 14.3. The topological polar surface area (TPSA) is 12.0 Å². The molecule has 1 N–H and O–H groups in total. The Morgan fingerprint density at radius 3 is 2.32 bits per heavy atom. The van der Waals surface area contributed by atoms with Crippen molar-refractivity contribution in [1.82, 2.24) is 5.32 Å². The van der Waals surface area contributed by atoms with Crippen LogP contribution in [-0.2, 0) is 6.42 Å². The van der Waals surface area contributed by atoms with E-state index in [9.17, 15) is 4.39 Å². The molecule has 0 saturated heterocycles. The van der Waals surface area contributed by atoms with Crippen LogP contribution < -0.4 is 5.32 Å². The van der Waals surface area contributed by atoms with Crippen LogP contribution in [0.25, 0.3) is 0 Å². The van der Waals surface area contributed by atoms with E-state index < -0.39 is 0 Å². The lowest BCUT2D eigenvalue weighted by molar-refractivity contribution is 0.499. The highest BCUT2D eigenvalue weighted by molar-refractivity contribution is 7.12. The second kappa shape index (κ2) is 6.31. The van der Waals surface area contributed by atoms with Crippen LogP contribution in [0.4, 0.5) is 4.39 Å². The van der Waals surface area contributed by atoms with E-state index in [0.717, 1.165) is 12.0 Å². The van der Waals surface area contributed by atoms with Crippen molar-refractivity contribution in [2.75, 3.05) is 0 Å². The lowest BCUT2D eigenvalue weighted by atomic mass is 10.1. The molecule has 19 heavy (non-hydrogen) atoms. The van der Waals surface area contributed by atoms with Gasteiger partial charge in [0, 0.05) is 21.8 Å². The average Bonchev–Trinajstić information content (AvgIpc) is 2.88. The first-order chi connectivity index (χ1) is 9.10. The van der Waals surface area contributed by atoms with E-state index in [2.05, 4.69) is 38.2 Å². The van der Waals surface area contributed by atoms with Crippen LogP contribution in [0.1, 0.15) is 48.2 Å². The molecule has 0 aliphatic rings. The SMILES string of the molecule is CCc1ccc(C(C)N[C@@H](C)c2ccc(F)cc2)s1. The van der Waals surface area contributed by atoms with Gasteiger partial charge in [0.05, 0.1) is 0 Å². The van der Waals surface area contributed by atoms with Gasteiger partial charge in [0.2, 0.25) is 0 Å². The number of hydrogen-bond acceptors (Lipinski definition) is 2. The summed E-state index contributed by atoms with van der Waals surface area (Å²) >= 11 is 1.86. The van der Waals surface area contributed by atoms with Gasteiger partial charge in [-0.1, -0.05) is 19.1 Å². The van der Waals surface area contributed by atoms with Gasteiger partial charge >= 0.3 is 0 Å². The summed E-state index contributed by atoms with van der Waals surface area (Å²) in [6, 6.07) is 11.6. The quantitative estimate of drug-likeness (QED) is 0.823. The third kappa shape index (κ3) is 3.64. The van der Waals surface area contributed by atoms with Crippen LogP contribution in [-0.4, -0.2) is 0 Å². The Bertz CT molecular complexity index is 518. The smallest absolute Gasteiger partial charge is 0.123 e. The number of aryl methyl sites for hydroxylation is 1. The number of thiophene rings is 1. The van der Waals surface area contributed by atoms with Crippen LogP contribution in [0.2, 0.25) is 0 Å². The van der Waals surface area contributed by atoms with Crippen molar-refractivity contribution in [3.05, 3.63) is 57.5 Å². The largest absolute Gasteiger partial charge is 0.303 e. The molecule has 0 radical (unpaired) electrons. The highest BCUT2D eigenvalue weighted by Crippen LogP contribution is 2.26. The van der Waals surface area contributed by atoms with Crippen molar-refractivity contribution in [2.45, 2.75) is 39.3 Å². The van der Waals surface area contributed by atoms with Crippen LogP contribution in [0.5, 0.6) is 0 Å². The van der Waals surface area contributed by atoms with E-state index in [1.807, 2.05) is 23.5 Å². The minimum Gasteiger partial charge on any atom is -0.303 e. The Morgan fingerprint density at radius 2 is 1.74 bits per heavy atom. The fraction of sp³-hybridized carbons (Fsp3) is 0.375. The Morgan fingerprint density at radius 1 is 1.05 bits per heavy atom. The molecule has 1 aromatic carbocycles. The summed E-state index contributed by atoms with van der Waals surface area (Å²) in [6.07, 6.45) is 1.09. The maximum Gasteiger partial charge on any atom is 0.123 e. The molecule has 0 amide bonds. The van der Waals surface area contributed by atoms with Crippen LogP contribution in [0, 0.1) is 5.82 Å². The summed E-state index contributed by atoms with van der Waals surface area (Å²) < 4.78 is 12.9. The van der Waals surface area contributed by atoms with Gasteiger partial charge in [-0.25, -0.2) is 4.39 Å². The van der Waals surface area contributed by atoms with E-state index in [1.54, 1.807) is 0 Å². The molecule has 1 nitrogen and oxygen atoms in total. The van der Waals surface area contributed by atoms with E-state index in [0.29, 0.717) is 6.04 Å². The van der Waals surface area contributed by atoms with Crippen LogP contribution in [0.3, 0.4) is 0 Å². The van der Waals surface area contributed by atoms with Crippen molar-refractivity contribution in [3.63, 3.8) is 0 Å². The molecule has 0 aliphatic carbocycles. The molecule has 1 unspecified atom stereocenters. The second-order valence-electron chi connectivity index (χ2n) is 4.82. The molecule has 2 atom stereocenters. The Labute approximate surface area is 118 Å². The lowest BCUT2D eigenvalue weighted by Gasteiger charge is -2.19. The van der Waals surface area contributed by atoms with E-state index in [4.69, 9.17) is 0 Å². The predicted molar refractivity (Wildman–Crippen MR) is 80.1 cm³/mol. The predicted octanol–water partition coefficient (Wildman–Crippen LogP) is 4.86. The molecule has 0 fully saturated rings. The summed E-state index contributed by atoms with van der Waals surface area (Å²) in [5.41, 5.74) is 1.11. The number of rotatable bonds is 5. The molecule has 102 valence electrons. The third-order valence-electron chi connectivity index (χ3n) is 3.33. The highest BCUT2D eigenvalue weighted by atomic mass is 32.1. The van der Waals surface area contributed by atoms with Crippen molar-refractivity contribution < 1.29 is 4.39 Å². The first-order valence-electron chi connectivity index (χ1n) is 6.70. The fourth-order valence-electron chi connectivity index (χ4n) is 2.12. The summed E-state index contributed by atoms with van der Waals surface area (Å²) in [4.78, 5) is 2.77. The highest BCUT2D eigenvalue weighted by Gasteiger charge is 2.12.